The van der Waals surface area contributed by atoms with Crippen molar-refractivity contribution in [3.8, 4) is 0 Å². The fourth-order valence-electron chi connectivity index (χ4n) is 1.26. The summed E-state index contributed by atoms with van der Waals surface area (Å²) in [5.41, 5.74) is 0. The molecule has 0 aromatic carbocycles. The lowest BCUT2D eigenvalue weighted by molar-refractivity contribution is -0.156. The number of aldehydes is 2. The standard InChI is InChI=1S/C11H17NO6/c1-4-17-10(15)8(6-13)12(3)9(7-14)11(16)18-5-2/h6-9H,4-5H2,1-3H3. The van der Waals surface area contributed by atoms with Crippen LogP contribution in [0.25, 0.3) is 0 Å². The zero-order valence-corrected chi connectivity index (χ0v) is 10.6. The first-order valence-corrected chi connectivity index (χ1v) is 5.49. The van der Waals surface area contributed by atoms with Gasteiger partial charge in [-0.3, -0.25) is 4.90 Å². The molecule has 0 saturated heterocycles. The topological polar surface area (TPSA) is 90.0 Å². The van der Waals surface area contributed by atoms with E-state index in [-0.39, 0.29) is 13.2 Å². The van der Waals surface area contributed by atoms with Crippen molar-refractivity contribution in [2.45, 2.75) is 25.9 Å². The van der Waals surface area contributed by atoms with E-state index in [1.165, 1.54) is 7.05 Å². The summed E-state index contributed by atoms with van der Waals surface area (Å²) in [6.07, 6.45) is 0.626. The van der Waals surface area contributed by atoms with E-state index in [2.05, 4.69) is 9.47 Å². The molecule has 0 fully saturated rings. The Hall–Kier alpha value is -1.76. The van der Waals surface area contributed by atoms with E-state index in [4.69, 9.17) is 0 Å². The molecule has 0 aliphatic carbocycles. The van der Waals surface area contributed by atoms with Crippen molar-refractivity contribution in [1.82, 2.24) is 4.90 Å². The zero-order chi connectivity index (χ0) is 14.1. The molecule has 0 saturated carbocycles. The fourth-order valence-corrected chi connectivity index (χ4v) is 1.26. The highest BCUT2D eigenvalue weighted by Crippen LogP contribution is 2.04. The smallest absolute Gasteiger partial charge is 0.330 e. The van der Waals surface area contributed by atoms with Gasteiger partial charge >= 0.3 is 11.9 Å². The van der Waals surface area contributed by atoms with E-state index in [9.17, 15) is 19.2 Å². The third kappa shape index (κ3) is 4.25. The Morgan fingerprint density at radius 3 is 1.56 bits per heavy atom. The number of carbonyl (C=O) groups is 4. The second-order valence-corrected chi connectivity index (χ2v) is 3.33. The predicted octanol–water partition coefficient (Wildman–Crippen LogP) is -0.821. The monoisotopic (exact) mass is 259 g/mol. The number of hydrogen-bond acceptors (Lipinski definition) is 7. The number of esters is 2. The van der Waals surface area contributed by atoms with E-state index >= 15 is 0 Å². The van der Waals surface area contributed by atoms with E-state index < -0.39 is 24.0 Å². The maximum Gasteiger partial charge on any atom is 0.330 e. The normalized spacial score (nSPS) is 13.6. The minimum atomic E-state index is -1.32. The molecule has 0 spiro atoms. The van der Waals surface area contributed by atoms with Crippen LogP contribution in [-0.4, -0.2) is 61.8 Å². The van der Waals surface area contributed by atoms with Gasteiger partial charge < -0.3 is 19.1 Å². The van der Waals surface area contributed by atoms with Gasteiger partial charge in [0.1, 0.15) is 12.6 Å². The van der Waals surface area contributed by atoms with Crippen molar-refractivity contribution in [3.05, 3.63) is 0 Å². The average Bonchev–Trinajstić information content (AvgIpc) is 2.31. The Morgan fingerprint density at radius 1 is 1.00 bits per heavy atom. The van der Waals surface area contributed by atoms with Gasteiger partial charge in [-0.1, -0.05) is 0 Å². The molecule has 0 heterocycles. The van der Waals surface area contributed by atoms with Gasteiger partial charge in [-0.2, -0.15) is 0 Å². The summed E-state index contributed by atoms with van der Waals surface area (Å²) in [6, 6.07) is -2.63. The number of nitrogens with zero attached hydrogens (tertiary/aromatic N) is 1. The summed E-state index contributed by atoms with van der Waals surface area (Å²) >= 11 is 0. The largest absolute Gasteiger partial charge is 0.464 e. The molecule has 2 unspecified atom stereocenters. The van der Waals surface area contributed by atoms with Gasteiger partial charge in [0.25, 0.3) is 0 Å². The molecule has 0 rings (SSSR count). The number of likely N-dealkylation sites (N-methyl/N-ethyl adjacent to an activating group) is 1. The van der Waals surface area contributed by atoms with Crippen LogP contribution in [0.3, 0.4) is 0 Å². The molecule has 102 valence electrons. The molecule has 0 aliphatic heterocycles. The average molecular weight is 259 g/mol. The quantitative estimate of drug-likeness (QED) is 0.319. The minimum absolute atomic E-state index is 0.0994. The van der Waals surface area contributed by atoms with Crippen LogP contribution in [0.5, 0.6) is 0 Å². The first-order valence-electron chi connectivity index (χ1n) is 5.49. The highest BCUT2D eigenvalue weighted by Gasteiger charge is 2.34. The summed E-state index contributed by atoms with van der Waals surface area (Å²) in [4.78, 5) is 45.6. The zero-order valence-electron chi connectivity index (χ0n) is 10.6. The maximum absolute atomic E-state index is 11.5. The van der Waals surface area contributed by atoms with Crippen LogP contribution in [0.4, 0.5) is 0 Å². The van der Waals surface area contributed by atoms with E-state index in [1.807, 2.05) is 0 Å². The molecular weight excluding hydrogens is 242 g/mol. The van der Waals surface area contributed by atoms with Crippen molar-refractivity contribution < 1.29 is 28.7 Å². The second-order valence-electron chi connectivity index (χ2n) is 3.33. The number of rotatable bonds is 8. The van der Waals surface area contributed by atoms with E-state index in [0.29, 0.717) is 12.6 Å². The molecule has 18 heavy (non-hydrogen) atoms. The summed E-state index contributed by atoms with van der Waals surface area (Å²) < 4.78 is 9.34. The molecule has 0 aromatic heterocycles. The molecule has 0 aromatic rings. The van der Waals surface area contributed by atoms with Crippen LogP contribution in [-0.2, 0) is 28.7 Å². The number of ether oxygens (including phenoxy) is 2. The SMILES string of the molecule is CCOC(=O)C(C=O)N(C)C(C=O)C(=O)OCC. The lowest BCUT2D eigenvalue weighted by atomic mass is 10.2. The number of carbonyl (C=O) groups excluding carboxylic acids is 4. The predicted molar refractivity (Wildman–Crippen MR) is 60.7 cm³/mol. The minimum Gasteiger partial charge on any atom is -0.464 e. The number of hydrogen-bond donors (Lipinski definition) is 0. The van der Waals surface area contributed by atoms with Gasteiger partial charge in [-0.25, -0.2) is 9.59 Å². The van der Waals surface area contributed by atoms with Crippen LogP contribution in [0, 0.1) is 0 Å². The van der Waals surface area contributed by atoms with Gasteiger partial charge in [-0.05, 0) is 20.9 Å². The molecular formula is C11H17NO6. The summed E-state index contributed by atoms with van der Waals surface area (Å²) in [7, 11) is 1.30. The Bertz CT molecular complexity index is 287. The van der Waals surface area contributed by atoms with Crippen molar-refractivity contribution in [1.29, 1.82) is 0 Å². The lowest BCUT2D eigenvalue weighted by Crippen LogP contribution is -2.51. The second kappa shape index (κ2) is 8.35. The molecule has 2 atom stereocenters. The fraction of sp³-hybridized carbons (Fsp3) is 0.636. The summed E-state index contributed by atoms with van der Waals surface area (Å²) in [5.74, 6) is -1.63. The Balaban J connectivity index is 4.87. The summed E-state index contributed by atoms with van der Waals surface area (Å²) in [6.45, 7) is 3.37. The third-order valence-electron chi connectivity index (χ3n) is 2.19. The first-order chi connectivity index (χ1) is 8.53. The highest BCUT2D eigenvalue weighted by molar-refractivity contribution is 5.96. The summed E-state index contributed by atoms with van der Waals surface area (Å²) in [5, 5.41) is 0. The Labute approximate surface area is 105 Å². The maximum atomic E-state index is 11.5. The van der Waals surface area contributed by atoms with Crippen molar-refractivity contribution in [2.75, 3.05) is 20.3 Å². The first kappa shape index (κ1) is 16.2. The van der Waals surface area contributed by atoms with Gasteiger partial charge in [0, 0.05) is 0 Å². The van der Waals surface area contributed by atoms with Gasteiger partial charge in [-0.15, -0.1) is 0 Å². The van der Waals surface area contributed by atoms with Gasteiger partial charge in [0.05, 0.1) is 13.2 Å². The van der Waals surface area contributed by atoms with Crippen LogP contribution in [0.15, 0.2) is 0 Å². The van der Waals surface area contributed by atoms with E-state index in [0.717, 1.165) is 4.90 Å². The molecule has 0 bridgehead atoms. The molecule has 0 aliphatic rings. The van der Waals surface area contributed by atoms with Crippen LogP contribution in [0.2, 0.25) is 0 Å². The lowest BCUT2D eigenvalue weighted by Gasteiger charge is -2.25. The third-order valence-corrected chi connectivity index (χ3v) is 2.19. The Kier molecular flexibility index (Phi) is 7.53. The van der Waals surface area contributed by atoms with Gasteiger partial charge in [0.15, 0.2) is 12.1 Å². The van der Waals surface area contributed by atoms with Crippen LogP contribution >= 0.6 is 0 Å². The molecule has 0 radical (unpaired) electrons. The van der Waals surface area contributed by atoms with Crippen molar-refractivity contribution in [3.63, 3.8) is 0 Å². The van der Waals surface area contributed by atoms with E-state index in [1.54, 1.807) is 13.8 Å². The van der Waals surface area contributed by atoms with Gasteiger partial charge in [0.2, 0.25) is 0 Å². The molecule has 7 nitrogen and oxygen atoms in total. The molecule has 0 amide bonds. The molecule has 7 heteroatoms. The van der Waals surface area contributed by atoms with Crippen molar-refractivity contribution in [2.24, 2.45) is 0 Å². The van der Waals surface area contributed by atoms with Crippen LogP contribution < -0.4 is 0 Å². The molecule has 0 N–H and O–H groups in total. The van der Waals surface area contributed by atoms with Crippen molar-refractivity contribution >= 4 is 24.5 Å². The Morgan fingerprint density at radius 2 is 1.33 bits per heavy atom. The highest BCUT2D eigenvalue weighted by atomic mass is 16.5. The van der Waals surface area contributed by atoms with Crippen LogP contribution in [0.1, 0.15) is 13.8 Å².